The van der Waals surface area contributed by atoms with Gasteiger partial charge in [0.15, 0.2) is 0 Å². The standard InChI is InChI=1S/C25H35ClN4O2/c1-15-10-11-27-25(32)22(15)14-28-24(31)21-12-19(26)13-23(16(21)2)29-17(3)18-6-8-20(9-7-18)30(4)5/h10-13,17-18,20,29H,6-9,14H2,1-5H3,(H,27,32)(H,28,31). The molecule has 7 heteroatoms. The molecule has 1 aromatic carbocycles. The van der Waals surface area contributed by atoms with E-state index in [2.05, 4.69) is 41.5 Å². The zero-order valence-electron chi connectivity index (χ0n) is 19.7. The van der Waals surface area contributed by atoms with E-state index in [4.69, 9.17) is 11.6 Å². The van der Waals surface area contributed by atoms with Crippen LogP contribution in [0.15, 0.2) is 29.2 Å². The Hall–Kier alpha value is -2.31. The lowest BCUT2D eigenvalue weighted by molar-refractivity contribution is 0.0950. The lowest BCUT2D eigenvalue weighted by Gasteiger charge is -2.36. The maximum atomic E-state index is 12.9. The summed E-state index contributed by atoms with van der Waals surface area (Å²) in [4.78, 5) is 30.0. The smallest absolute Gasteiger partial charge is 0.253 e. The molecule has 0 aliphatic heterocycles. The summed E-state index contributed by atoms with van der Waals surface area (Å²) >= 11 is 6.38. The Bertz CT molecular complexity index is 1010. The number of amides is 1. The van der Waals surface area contributed by atoms with Gasteiger partial charge in [-0.05, 0) is 95.8 Å². The second-order valence-corrected chi connectivity index (χ2v) is 9.68. The Kier molecular flexibility index (Phi) is 8.01. The SMILES string of the molecule is Cc1cc[nH]c(=O)c1CNC(=O)c1cc(Cl)cc(NC(C)C2CCC(N(C)C)CC2)c1C. The first kappa shape index (κ1) is 24.3. The molecule has 3 N–H and O–H groups in total. The normalized spacial score (nSPS) is 19.6. The van der Waals surface area contributed by atoms with Gasteiger partial charge in [0.2, 0.25) is 0 Å². The molecule has 1 aliphatic rings. The van der Waals surface area contributed by atoms with Crippen molar-refractivity contribution in [1.82, 2.24) is 15.2 Å². The Morgan fingerprint density at radius 2 is 1.91 bits per heavy atom. The summed E-state index contributed by atoms with van der Waals surface area (Å²) in [5.41, 5.74) is 3.48. The largest absolute Gasteiger partial charge is 0.382 e. The lowest BCUT2D eigenvalue weighted by Crippen LogP contribution is -2.36. The number of pyridine rings is 1. The Balaban J connectivity index is 1.70. The molecule has 1 unspecified atom stereocenters. The van der Waals surface area contributed by atoms with Crippen LogP contribution in [0.25, 0.3) is 0 Å². The van der Waals surface area contributed by atoms with Crippen molar-refractivity contribution in [1.29, 1.82) is 0 Å². The highest BCUT2D eigenvalue weighted by Gasteiger charge is 2.27. The van der Waals surface area contributed by atoms with E-state index in [-0.39, 0.29) is 24.1 Å². The third-order valence-corrected chi connectivity index (χ3v) is 7.12. The molecule has 0 saturated heterocycles. The number of aromatic nitrogens is 1. The molecule has 2 aromatic rings. The molecule has 1 fully saturated rings. The van der Waals surface area contributed by atoms with Crippen molar-refractivity contribution >= 4 is 23.2 Å². The van der Waals surface area contributed by atoms with Crippen LogP contribution >= 0.6 is 11.6 Å². The van der Waals surface area contributed by atoms with E-state index in [9.17, 15) is 9.59 Å². The first-order chi connectivity index (χ1) is 15.2. The minimum absolute atomic E-state index is 0.168. The first-order valence-corrected chi connectivity index (χ1v) is 11.7. The number of hydrogen-bond acceptors (Lipinski definition) is 4. The molecule has 6 nitrogen and oxygen atoms in total. The number of nitrogens with zero attached hydrogens (tertiary/aromatic N) is 1. The van der Waals surface area contributed by atoms with Crippen LogP contribution in [0.1, 0.15) is 59.7 Å². The van der Waals surface area contributed by atoms with Crippen molar-refractivity contribution in [2.75, 3.05) is 19.4 Å². The topological polar surface area (TPSA) is 77.2 Å². The van der Waals surface area contributed by atoms with Crippen LogP contribution in [0.2, 0.25) is 5.02 Å². The van der Waals surface area contributed by atoms with Gasteiger partial charge < -0.3 is 20.5 Å². The van der Waals surface area contributed by atoms with Gasteiger partial charge in [0, 0.05) is 46.7 Å². The van der Waals surface area contributed by atoms with E-state index in [1.807, 2.05) is 26.0 Å². The number of rotatable bonds is 7. The summed E-state index contributed by atoms with van der Waals surface area (Å²) in [6.45, 7) is 6.17. The molecule has 0 radical (unpaired) electrons. The number of carbonyl (C=O) groups excluding carboxylic acids is 1. The van der Waals surface area contributed by atoms with Crippen molar-refractivity contribution in [3.8, 4) is 0 Å². The van der Waals surface area contributed by atoms with Crippen molar-refractivity contribution in [3.05, 3.63) is 62.0 Å². The highest BCUT2D eigenvalue weighted by atomic mass is 35.5. The van der Waals surface area contributed by atoms with Crippen LogP contribution in [-0.2, 0) is 6.54 Å². The van der Waals surface area contributed by atoms with E-state index in [1.54, 1.807) is 12.3 Å². The fourth-order valence-corrected chi connectivity index (χ4v) is 4.86. The number of benzene rings is 1. The van der Waals surface area contributed by atoms with Gasteiger partial charge in [-0.1, -0.05) is 11.6 Å². The number of aromatic amines is 1. The maximum absolute atomic E-state index is 12.9. The Morgan fingerprint density at radius 1 is 1.22 bits per heavy atom. The highest BCUT2D eigenvalue weighted by Crippen LogP contribution is 2.32. The first-order valence-electron chi connectivity index (χ1n) is 11.4. The average Bonchev–Trinajstić information content (AvgIpc) is 2.75. The zero-order chi connectivity index (χ0) is 23.4. The monoisotopic (exact) mass is 458 g/mol. The van der Waals surface area contributed by atoms with E-state index < -0.39 is 0 Å². The fourth-order valence-electron chi connectivity index (χ4n) is 4.64. The molecule has 1 aromatic heterocycles. The molecule has 0 spiro atoms. The van der Waals surface area contributed by atoms with Crippen LogP contribution in [0.5, 0.6) is 0 Å². The molecule has 3 rings (SSSR count). The van der Waals surface area contributed by atoms with Crippen LogP contribution in [0.3, 0.4) is 0 Å². The summed E-state index contributed by atoms with van der Waals surface area (Å²) in [6.07, 6.45) is 6.41. The number of anilines is 1. The molecular formula is C25H35ClN4O2. The van der Waals surface area contributed by atoms with Crippen LogP contribution < -0.4 is 16.2 Å². The lowest BCUT2D eigenvalue weighted by atomic mass is 9.81. The predicted octanol–water partition coefficient (Wildman–Crippen LogP) is 4.50. The van der Waals surface area contributed by atoms with E-state index >= 15 is 0 Å². The van der Waals surface area contributed by atoms with Crippen molar-refractivity contribution in [3.63, 3.8) is 0 Å². The van der Waals surface area contributed by atoms with E-state index in [0.29, 0.717) is 28.1 Å². The molecule has 1 atom stereocenters. The summed E-state index contributed by atoms with van der Waals surface area (Å²) < 4.78 is 0. The highest BCUT2D eigenvalue weighted by molar-refractivity contribution is 6.31. The van der Waals surface area contributed by atoms with E-state index in [0.717, 1.165) is 16.8 Å². The fraction of sp³-hybridized carbons (Fsp3) is 0.520. The van der Waals surface area contributed by atoms with Gasteiger partial charge in [-0.25, -0.2) is 0 Å². The summed E-state index contributed by atoms with van der Waals surface area (Å²) in [5.74, 6) is 0.351. The number of carbonyl (C=O) groups is 1. The third-order valence-electron chi connectivity index (χ3n) is 6.90. The quantitative estimate of drug-likeness (QED) is 0.571. The molecule has 1 aliphatic carbocycles. The summed E-state index contributed by atoms with van der Waals surface area (Å²) in [5, 5.41) is 7.01. The Morgan fingerprint density at radius 3 is 2.53 bits per heavy atom. The molecule has 1 amide bonds. The summed E-state index contributed by atoms with van der Waals surface area (Å²) in [6, 6.07) is 6.36. The number of aryl methyl sites for hydroxylation is 1. The van der Waals surface area contributed by atoms with Gasteiger partial charge in [0.25, 0.3) is 11.5 Å². The number of H-pyrrole nitrogens is 1. The van der Waals surface area contributed by atoms with Crippen LogP contribution in [0, 0.1) is 19.8 Å². The van der Waals surface area contributed by atoms with Gasteiger partial charge in [-0.2, -0.15) is 0 Å². The molecule has 32 heavy (non-hydrogen) atoms. The molecule has 1 heterocycles. The van der Waals surface area contributed by atoms with Gasteiger partial charge in [-0.15, -0.1) is 0 Å². The van der Waals surface area contributed by atoms with Gasteiger partial charge >= 0.3 is 0 Å². The average molecular weight is 459 g/mol. The van der Waals surface area contributed by atoms with Gasteiger partial charge in [0.05, 0.1) is 0 Å². The zero-order valence-corrected chi connectivity index (χ0v) is 20.5. The minimum atomic E-state index is -0.241. The molecule has 1 saturated carbocycles. The Labute approximate surface area is 195 Å². The van der Waals surface area contributed by atoms with Gasteiger partial charge in [0.1, 0.15) is 0 Å². The van der Waals surface area contributed by atoms with E-state index in [1.165, 1.54) is 25.7 Å². The number of halogens is 1. The molecular weight excluding hydrogens is 424 g/mol. The minimum Gasteiger partial charge on any atom is -0.382 e. The third kappa shape index (κ3) is 5.73. The van der Waals surface area contributed by atoms with Crippen LogP contribution in [0.4, 0.5) is 5.69 Å². The van der Waals surface area contributed by atoms with Crippen LogP contribution in [-0.4, -0.2) is 42.0 Å². The van der Waals surface area contributed by atoms with Crippen molar-refractivity contribution in [2.24, 2.45) is 5.92 Å². The number of hydrogen-bond donors (Lipinski definition) is 3. The maximum Gasteiger partial charge on any atom is 0.253 e. The summed E-state index contributed by atoms with van der Waals surface area (Å²) in [7, 11) is 4.31. The van der Waals surface area contributed by atoms with Gasteiger partial charge in [-0.3, -0.25) is 9.59 Å². The molecule has 174 valence electrons. The van der Waals surface area contributed by atoms with Crippen molar-refractivity contribution < 1.29 is 4.79 Å². The second kappa shape index (κ2) is 10.5. The number of nitrogens with one attached hydrogen (secondary N) is 3. The second-order valence-electron chi connectivity index (χ2n) is 9.24. The predicted molar refractivity (Wildman–Crippen MR) is 132 cm³/mol. The van der Waals surface area contributed by atoms with Crippen molar-refractivity contribution in [2.45, 2.75) is 65.1 Å². The molecule has 0 bridgehead atoms.